The molecule has 0 saturated carbocycles. The third-order valence-electron chi connectivity index (χ3n) is 4.09. The van der Waals surface area contributed by atoms with Crippen LogP contribution in [0.4, 0.5) is 0 Å². The number of amides is 2. The Morgan fingerprint density at radius 2 is 2.00 bits per heavy atom. The van der Waals surface area contributed by atoms with E-state index in [-0.39, 0.29) is 49.2 Å². The number of carbonyl (C=O) groups excluding carboxylic acids is 3. The molecular weight excluding hydrogens is 320 g/mol. The van der Waals surface area contributed by atoms with Gasteiger partial charge < -0.3 is 15.0 Å². The first kappa shape index (κ1) is 19.0. The van der Waals surface area contributed by atoms with Crippen molar-refractivity contribution in [2.24, 2.45) is 5.92 Å². The van der Waals surface area contributed by atoms with Crippen LogP contribution in [0, 0.1) is 5.92 Å². The van der Waals surface area contributed by atoms with Gasteiger partial charge in [-0.3, -0.25) is 14.4 Å². The third-order valence-corrected chi connectivity index (χ3v) is 4.09. The minimum Gasteiger partial charge on any atom is -0.463 e. The molecule has 1 unspecified atom stereocenters. The van der Waals surface area contributed by atoms with Gasteiger partial charge in [0.05, 0.1) is 18.4 Å². The molecule has 1 aliphatic rings. The van der Waals surface area contributed by atoms with Gasteiger partial charge in [0.1, 0.15) is 0 Å². The van der Waals surface area contributed by atoms with E-state index in [1.165, 1.54) is 5.56 Å². The maximum absolute atomic E-state index is 12.2. The molecule has 1 saturated heterocycles. The Kier molecular flexibility index (Phi) is 6.98. The number of hydrogen-bond donors (Lipinski definition) is 1. The van der Waals surface area contributed by atoms with Crippen molar-refractivity contribution in [3.05, 3.63) is 35.9 Å². The molecule has 0 aromatic heterocycles. The fraction of sp³-hybridized carbons (Fsp3) is 0.526. The minimum absolute atomic E-state index is 0.00954. The SMILES string of the molecule is CC(C)OC(=O)CCNC(=O)C1CC(=O)N(CCc2ccccc2)C1. The predicted molar refractivity (Wildman–Crippen MR) is 93.7 cm³/mol. The first-order valence-corrected chi connectivity index (χ1v) is 8.74. The molecule has 0 aliphatic carbocycles. The highest BCUT2D eigenvalue weighted by atomic mass is 16.5. The number of likely N-dealkylation sites (tertiary alicyclic amines) is 1. The number of rotatable bonds is 8. The van der Waals surface area contributed by atoms with E-state index in [1.807, 2.05) is 30.3 Å². The standard InChI is InChI=1S/C19H26N2O4/c1-14(2)25-18(23)8-10-20-19(24)16-12-17(22)21(13-16)11-9-15-6-4-3-5-7-15/h3-7,14,16H,8-13H2,1-2H3,(H,20,24). The zero-order valence-electron chi connectivity index (χ0n) is 14.9. The van der Waals surface area contributed by atoms with Gasteiger partial charge in [-0.2, -0.15) is 0 Å². The Hall–Kier alpha value is -2.37. The van der Waals surface area contributed by atoms with Crippen molar-refractivity contribution in [1.29, 1.82) is 0 Å². The number of nitrogens with one attached hydrogen (secondary N) is 1. The lowest BCUT2D eigenvalue weighted by Crippen LogP contribution is -2.34. The lowest BCUT2D eigenvalue weighted by molar-refractivity contribution is -0.147. The van der Waals surface area contributed by atoms with Crippen molar-refractivity contribution >= 4 is 17.8 Å². The summed E-state index contributed by atoms with van der Waals surface area (Å²) in [5.74, 6) is -0.838. The minimum atomic E-state index is -0.343. The van der Waals surface area contributed by atoms with E-state index in [2.05, 4.69) is 5.32 Å². The lowest BCUT2D eigenvalue weighted by Gasteiger charge is -2.16. The Bertz CT molecular complexity index is 601. The summed E-state index contributed by atoms with van der Waals surface area (Å²) in [5, 5.41) is 2.72. The average Bonchev–Trinajstić information content (AvgIpc) is 2.94. The molecule has 25 heavy (non-hydrogen) atoms. The molecule has 1 fully saturated rings. The van der Waals surface area contributed by atoms with Crippen molar-refractivity contribution in [2.75, 3.05) is 19.6 Å². The van der Waals surface area contributed by atoms with E-state index in [9.17, 15) is 14.4 Å². The first-order chi connectivity index (χ1) is 12.0. The molecule has 6 heteroatoms. The molecule has 136 valence electrons. The van der Waals surface area contributed by atoms with E-state index in [0.717, 1.165) is 6.42 Å². The summed E-state index contributed by atoms with van der Waals surface area (Å²) in [6.07, 6.45) is 0.996. The molecule has 0 spiro atoms. The Labute approximate surface area is 148 Å². The lowest BCUT2D eigenvalue weighted by atomic mass is 10.1. The van der Waals surface area contributed by atoms with Crippen LogP contribution in [0.15, 0.2) is 30.3 Å². The largest absolute Gasteiger partial charge is 0.463 e. The molecule has 1 aromatic rings. The van der Waals surface area contributed by atoms with Crippen LogP contribution in [0.5, 0.6) is 0 Å². The topological polar surface area (TPSA) is 75.7 Å². The van der Waals surface area contributed by atoms with Crippen molar-refractivity contribution in [3.8, 4) is 0 Å². The highest BCUT2D eigenvalue weighted by Crippen LogP contribution is 2.18. The van der Waals surface area contributed by atoms with E-state index in [4.69, 9.17) is 4.74 Å². The average molecular weight is 346 g/mol. The van der Waals surface area contributed by atoms with Crippen LogP contribution in [0.3, 0.4) is 0 Å². The molecule has 6 nitrogen and oxygen atoms in total. The fourth-order valence-electron chi connectivity index (χ4n) is 2.83. The molecule has 1 aliphatic heterocycles. The van der Waals surface area contributed by atoms with Gasteiger partial charge in [-0.05, 0) is 25.8 Å². The molecule has 0 bridgehead atoms. The molecule has 2 rings (SSSR count). The van der Waals surface area contributed by atoms with Crippen LogP contribution in [0.25, 0.3) is 0 Å². The zero-order chi connectivity index (χ0) is 18.2. The third kappa shape index (κ3) is 6.21. The Morgan fingerprint density at radius 1 is 1.28 bits per heavy atom. The maximum atomic E-state index is 12.2. The number of esters is 1. The summed E-state index contributed by atoms with van der Waals surface area (Å²) in [6, 6.07) is 9.97. The van der Waals surface area contributed by atoms with Crippen LogP contribution >= 0.6 is 0 Å². The van der Waals surface area contributed by atoms with Gasteiger partial charge >= 0.3 is 5.97 Å². The highest BCUT2D eigenvalue weighted by Gasteiger charge is 2.33. The maximum Gasteiger partial charge on any atom is 0.307 e. The number of ether oxygens (including phenoxy) is 1. The van der Waals surface area contributed by atoms with Gasteiger partial charge in [0.25, 0.3) is 0 Å². The van der Waals surface area contributed by atoms with Gasteiger partial charge in [0.2, 0.25) is 11.8 Å². The van der Waals surface area contributed by atoms with Crippen molar-refractivity contribution in [1.82, 2.24) is 10.2 Å². The van der Waals surface area contributed by atoms with Crippen LogP contribution in [0.2, 0.25) is 0 Å². The van der Waals surface area contributed by atoms with E-state index < -0.39 is 0 Å². The Morgan fingerprint density at radius 3 is 2.68 bits per heavy atom. The van der Waals surface area contributed by atoms with Crippen LogP contribution < -0.4 is 5.32 Å². The normalized spacial score (nSPS) is 17.0. The quantitative estimate of drug-likeness (QED) is 0.725. The second kappa shape index (κ2) is 9.20. The van der Waals surface area contributed by atoms with Crippen LogP contribution in [0.1, 0.15) is 32.3 Å². The summed E-state index contributed by atoms with van der Waals surface area (Å²) in [4.78, 5) is 37.4. The van der Waals surface area contributed by atoms with E-state index >= 15 is 0 Å². The number of carbonyl (C=O) groups is 3. The Balaban J connectivity index is 1.71. The second-order valence-electron chi connectivity index (χ2n) is 6.56. The van der Waals surface area contributed by atoms with Crippen LogP contribution in [-0.2, 0) is 25.5 Å². The fourth-order valence-corrected chi connectivity index (χ4v) is 2.83. The van der Waals surface area contributed by atoms with Gasteiger partial charge in [0.15, 0.2) is 0 Å². The monoisotopic (exact) mass is 346 g/mol. The summed E-state index contributed by atoms with van der Waals surface area (Å²) in [7, 11) is 0. The van der Waals surface area contributed by atoms with E-state index in [0.29, 0.717) is 13.1 Å². The first-order valence-electron chi connectivity index (χ1n) is 8.74. The van der Waals surface area contributed by atoms with Gasteiger partial charge in [-0.15, -0.1) is 0 Å². The summed E-state index contributed by atoms with van der Waals surface area (Å²) < 4.78 is 5.01. The summed E-state index contributed by atoms with van der Waals surface area (Å²) in [6.45, 7) is 4.86. The van der Waals surface area contributed by atoms with Gasteiger partial charge in [-0.25, -0.2) is 0 Å². The van der Waals surface area contributed by atoms with Gasteiger partial charge in [0, 0.05) is 26.1 Å². The molecule has 2 amide bonds. The van der Waals surface area contributed by atoms with Crippen molar-refractivity contribution in [2.45, 2.75) is 39.2 Å². The zero-order valence-corrected chi connectivity index (χ0v) is 14.9. The smallest absolute Gasteiger partial charge is 0.307 e. The number of benzene rings is 1. The summed E-state index contributed by atoms with van der Waals surface area (Å²) >= 11 is 0. The van der Waals surface area contributed by atoms with Gasteiger partial charge in [-0.1, -0.05) is 30.3 Å². The molecular formula is C19H26N2O4. The molecule has 1 aromatic carbocycles. The second-order valence-corrected chi connectivity index (χ2v) is 6.56. The predicted octanol–water partition coefficient (Wildman–Crippen LogP) is 1.54. The molecule has 1 heterocycles. The molecule has 1 atom stereocenters. The molecule has 0 radical (unpaired) electrons. The molecule has 1 N–H and O–H groups in total. The van der Waals surface area contributed by atoms with E-state index in [1.54, 1.807) is 18.7 Å². The van der Waals surface area contributed by atoms with Crippen molar-refractivity contribution in [3.63, 3.8) is 0 Å². The van der Waals surface area contributed by atoms with Crippen LogP contribution in [-0.4, -0.2) is 48.4 Å². The number of hydrogen-bond acceptors (Lipinski definition) is 4. The number of nitrogens with zero attached hydrogens (tertiary/aromatic N) is 1. The highest BCUT2D eigenvalue weighted by molar-refractivity contribution is 5.89. The van der Waals surface area contributed by atoms with Crippen molar-refractivity contribution < 1.29 is 19.1 Å². The summed E-state index contributed by atoms with van der Waals surface area (Å²) in [5.41, 5.74) is 1.17.